The summed E-state index contributed by atoms with van der Waals surface area (Å²) >= 11 is 0. The summed E-state index contributed by atoms with van der Waals surface area (Å²) in [5.41, 5.74) is 4.25. The second-order valence-corrected chi connectivity index (χ2v) is 5.41. The summed E-state index contributed by atoms with van der Waals surface area (Å²) in [6.45, 7) is 6.51. The minimum absolute atomic E-state index is 0.212. The fourth-order valence-electron chi connectivity index (χ4n) is 2.27. The van der Waals surface area contributed by atoms with E-state index in [1.165, 1.54) is 17.7 Å². The Balaban J connectivity index is 2.19. The average Bonchev–Trinajstić information content (AvgIpc) is 2.46. The van der Waals surface area contributed by atoms with E-state index >= 15 is 0 Å². The molecule has 0 aliphatic rings. The van der Waals surface area contributed by atoms with Crippen LogP contribution in [0.5, 0.6) is 5.75 Å². The van der Waals surface area contributed by atoms with Gasteiger partial charge in [-0.25, -0.2) is 4.39 Å². The highest BCUT2D eigenvalue weighted by atomic mass is 19.1. The molecule has 0 heterocycles. The van der Waals surface area contributed by atoms with Crippen LogP contribution in [0.25, 0.3) is 0 Å². The monoisotopic (exact) mass is 287 g/mol. The maximum atomic E-state index is 13.1. The third-order valence-corrected chi connectivity index (χ3v) is 3.75. The molecule has 21 heavy (non-hydrogen) atoms. The lowest BCUT2D eigenvalue weighted by Crippen LogP contribution is -2.14. The molecule has 0 spiro atoms. The van der Waals surface area contributed by atoms with Gasteiger partial charge in [0.25, 0.3) is 0 Å². The van der Waals surface area contributed by atoms with Crippen LogP contribution < -0.4 is 10.1 Å². The number of rotatable bonds is 5. The largest absolute Gasteiger partial charge is 0.489 e. The van der Waals surface area contributed by atoms with Crippen LogP contribution in [-0.4, -0.2) is 7.05 Å². The minimum atomic E-state index is -0.212. The van der Waals surface area contributed by atoms with Crippen molar-refractivity contribution in [1.82, 2.24) is 5.32 Å². The molecule has 112 valence electrons. The molecule has 0 fully saturated rings. The number of aryl methyl sites for hydroxylation is 2. The van der Waals surface area contributed by atoms with E-state index in [-0.39, 0.29) is 11.9 Å². The smallest absolute Gasteiger partial charge is 0.124 e. The van der Waals surface area contributed by atoms with Crippen molar-refractivity contribution < 1.29 is 9.13 Å². The first-order chi connectivity index (χ1) is 10.0. The highest BCUT2D eigenvalue weighted by Gasteiger charge is 2.11. The molecule has 0 bridgehead atoms. The summed E-state index contributed by atoms with van der Waals surface area (Å²) in [6.07, 6.45) is 0. The van der Waals surface area contributed by atoms with Crippen LogP contribution in [0.15, 0.2) is 36.4 Å². The molecular formula is C18H22FNO. The maximum absolute atomic E-state index is 13.1. The van der Waals surface area contributed by atoms with Gasteiger partial charge in [-0.2, -0.15) is 0 Å². The van der Waals surface area contributed by atoms with E-state index in [0.29, 0.717) is 6.61 Å². The van der Waals surface area contributed by atoms with E-state index in [1.807, 2.05) is 26.1 Å². The van der Waals surface area contributed by atoms with E-state index in [4.69, 9.17) is 4.74 Å². The van der Waals surface area contributed by atoms with Gasteiger partial charge in [0.05, 0.1) is 0 Å². The Labute approximate surface area is 126 Å². The Kier molecular flexibility index (Phi) is 4.97. The predicted octanol–water partition coefficient (Wildman–Crippen LogP) is 4.30. The van der Waals surface area contributed by atoms with Crippen molar-refractivity contribution in [3.8, 4) is 5.75 Å². The Hall–Kier alpha value is -1.87. The molecule has 0 saturated carbocycles. The fourth-order valence-corrected chi connectivity index (χ4v) is 2.27. The molecule has 2 aromatic carbocycles. The van der Waals surface area contributed by atoms with Crippen molar-refractivity contribution in [2.24, 2.45) is 0 Å². The fraction of sp³-hybridized carbons (Fsp3) is 0.333. The summed E-state index contributed by atoms with van der Waals surface area (Å²) in [5, 5.41) is 3.24. The van der Waals surface area contributed by atoms with Gasteiger partial charge >= 0.3 is 0 Å². The summed E-state index contributed by atoms with van der Waals surface area (Å²) in [4.78, 5) is 0. The summed E-state index contributed by atoms with van der Waals surface area (Å²) in [5.74, 6) is 0.655. The highest BCUT2D eigenvalue weighted by molar-refractivity contribution is 5.39. The molecular weight excluding hydrogens is 265 g/mol. The number of ether oxygens (including phenoxy) is 1. The highest BCUT2D eigenvalue weighted by Crippen LogP contribution is 2.27. The van der Waals surface area contributed by atoms with Crippen molar-refractivity contribution in [1.29, 1.82) is 0 Å². The molecule has 1 unspecified atom stereocenters. The van der Waals surface area contributed by atoms with E-state index in [2.05, 4.69) is 25.2 Å². The molecule has 0 aromatic heterocycles. The van der Waals surface area contributed by atoms with E-state index in [9.17, 15) is 4.39 Å². The quantitative estimate of drug-likeness (QED) is 0.885. The third kappa shape index (κ3) is 3.82. The van der Waals surface area contributed by atoms with Crippen molar-refractivity contribution in [3.05, 3.63) is 64.5 Å². The molecule has 3 heteroatoms. The van der Waals surface area contributed by atoms with Gasteiger partial charge in [-0.1, -0.05) is 23.8 Å². The van der Waals surface area contributed by atoms with Crippen molar-refractivity contribution in [2.75, 3.05) is 7.05 Å². The number of hydrogen-bond donors (Lipinski definition) is 1. The van der Waals surface area contributed by atoms with Gasteiger partial charge in [-0.3, -0.25) is 0 Å². The van der Waals surface area contributed by atoms with Crippen molar-refractivity contribution in [3.63, 3.8) is 0 Å². The average molecular weight is 287 g/mol. The van der Waals surface area contributed by atoms with Crippen LogP contribution >= 0.6 is 0 Å². The lowest BCUT2D eigenvalue weighted by atomic mass is 10.0. The van der Waals surface area contributed by atoms with Gasteiger partial charge in [-0.15, -0.1) is 0 Å². The van der Waals surface area contributed by atoms with Crippen molar-refractivity contribution >= 4 is 0 Å². The van der Waals surface area contributed by atoms with Crippen LogP contribution in [0.4, 0.5) is 4.39 Å². The molecule has 2 aromatic rings. The summed E-state index contributed by atoms with van der Waals surface area (Å²) in [6, 6.07) is 11.2. The zero-order valence-electron chi connectivity index (χ0n) is 13.0. The lowest BCUT2D eigenvalue weighted by Gasteiger charge is -2.18. The van der Waals surface area contributed by atoms with Gasteiger partial charge in [0.15, 0.2) is 0 Å². The van der Waals surface area contributed by atoms with Crippen LogP contribution in [0.2, 0.25) is 0 Å². The number of hydrogen-bond acceptors (Lipinski definition) is 2. The zero-order valence-corrected chi connectivity index (χ0v) is 13.0. The van der Waals surface area contributed by atoms with E-state index < -0.39 is 0 Å². The van der Waals surface area contributed by atoms with Crippen LogP contribution in [0.3, 0.4) is 0 Å². The second-order valence-electron chi connectivity index (χ2n) is 5.41. The molecule has 0 aliphatic heterocycles. The van der Waals surface area contributed by atoms with E-state index in [0.717, 1.165) is 22.4 Å². The Morgan fingerprint density at radius 1 is 1.14 bits per heavy atom. The maximum Gasteiger partial charge on any atom is 0.124 e. The van der Waals surface area contributed by atoms with Crippen LogP contribution in [0.1, 0.15) is 35.2 Å². The van der Waals surface area contributed by atoms with Gasteiger partial charge in [0.2, 0.25) is 0 Å². The van der Waals surface area contributed by atoms with Gasteiger partial charge < -0.3 is 10.1 Å². The first kappa shape index (κ1) is 15.5. The lowest BCUT2D eigenvalue weighted by molar-refractivity contribution is 0.299. The molecule has 0 radical (unpaired) electrons. The van der Waals surface area contributed by atoms with E-state index in [1.54, 1.807) is 6.07 Å². The SMILES string of the molecule is CNC(C)c1cc(C)ccc1OCc1ccc(F)cc1C. The first-order valence-corrected chi connectivity index (χ1v) is 7.17. The molecule has 1 N–H and O–H groups in total. The molecule has 0 aliphatic carbocycles. The number of benzene rings is 2. The van der Waals surface area contributed by atoms with Crippen molar-refractivity contribution in [2.45, 2.75) is 33.4 Å². The minimum Gasteiger partial charge on any atom is -0.489 e. The summed E-state index contributed by atoms with van der Waals surface area (Å²) in [7, 11) is 1.93. The molecule has 0 saturated heterocycles. The number of nitrogens with one attached hydrogen (secondary N) is 1. The Morgan fingerprint density at radius 2 is 1.90 bits per heavy atom. The van der Waals surface area contributed by atoms with Gasteiger partial charge in [0.1, 0.15) is 18.2 Å². The Morgan fingerprint density at radius 3 is 2.57 bits per heavy atom. The predicted molar refractivity (Wildman–Crippen MR) is 84.1 cm³/mol. The molecule has 0 amide bonds. The summed E-state index contributed by atoms with van der Waals surface area (Å²) < 4.78 is 19.1. The number of halogens is 1. The zero-order chi connectivity index (χ0) is 15.4. The molecule has 2 nitrogen and oxygen atoms in total. The first-order valence-electron chi connectivity index (χ1n) is 7.17. The van der Waals surface area contributed by atoms with Crippen LogP contribution in [-0.2, 0) is 6.61 Å². The molecule has 2 rings (SSSR count). The Bertz CT molecular complexity index is 625. The second kappa shape index (κ2) is 6.72. The van der Waals surface area contributed by atoms with Gasteiger partial charge in [0, 0.05) is 11.6 Å². The normalized spacial score (nSPS) is 12.2. The third-order valence-electron chi connectivity index (χ3n) is 3.75. The topological polar surface area (TPSA) is 21.3 Å². The molecule has 1 atom stereocenters. The standard InChI is InChI=1S/C18H22FNO/c1-12-5-8-18(17(9-12)14(3)20-4)21-11-15-6-7-16(19)10-13(15)2/h5-10,14,20H,11H2,1-4H3. The van der Waals surface area contributed by atoms with Crippen LogP contribution in [0, 0.1) is 19.7 Å². The van der Waals surface area contributed by atoms with Gasteiger partial charge in [-0.05, 0) is 57.1 Å².